The number of aromatic amines is 1. The number of hydrogen-bond acceptors (Lipinski definition) is 5. The second kappa shape index (κ2) is 4.85. The van der Waals surface area contributed by atoms with Crippen LogP contribution in [-0.4, -0.2) is 47.1 Å². The molecule has 2 heterocycles. The summed E-state index contributed by atoms with van der Waals surface area (Å²) in [5.41, 5.74) is 0. The number of piperazine rings is 1. The van der Waals surface area contributed by atoms with E-state index in [2.05, 4.69) is 38.6 Å². The Morgan fingerprint density at radius 3 is 3.20 bits per heavy atom. The van der Waals surface area contributed by atoms with Gasteiger partial charge in [0, 0.05) is 25.7 Å². The van der Waals surface area contributed by atoms with Crippen LogP contribution in [0.4, 0.5) is 5.95 Å². The van der Waals surface area contributed by atoms with Crippen LogP contribution < -0.4 is 10.2 Å². The van der Waals surface area contributed by atoms with Gasteiger partial charge in [-0.3, -0.25) is 5.10 Å². The van der Waals surface area contributed by atoms with Crippen LogP contribution in [-0.2, 0) is 5.75 Å². The smallest absolute Gasteiger partial charge is 0.244 e. The molecule has 0 unspecified atom stereocenters. The third kappa shape index (κ3) is 2.63. The Morgan fingerprint density at radius 2 is 2.47 bits per heavy atom. The standard InChI is InChI=1S/C9H17N5S/c1-7-5-14(4-3-10-7)9-11-8(6-15-2)12-13-9/h7,10H,3-6H2,1-2H3,(H,11,12,13)/t7-/m0/s1. The van der Waals surface area contributed by atoms with Crippen molar-refractivity contribution in [1.29, 1.82) is 0 Å². The van der Waals surface area contributed by atoms with E-state index in [1.807, 2.05) is 0 Å². The molecule has 0 spiro atoms. The molecule has 1 aromatic heterocycles. The fourth-order valence-corrected chi connectivity index (χ4v) is 2.14. The minimum atomic E-state index is 0.515. The average molecular weight is 227 g/mol. The molecule has 0 saturated carbocycles. The molecule has 0 amide bonds. The first-order chi connectivity index (χ1) is 7.29. The molecular weight excluding hydrogens is 210 g/mol. The molecule has 1 aliphatic rings. The largest absolute Gasteiger partial charge is 0.337 e. The molecule has 1 atom stereocenters. The molecule has 1 saturated heterocycles. The van der Waals surface area contributed by atoms with Gasteiger partial charge in [0.1, 0.15) is 5.82 Å². The van der Waals surface area contributed by atoms with Crippen LogP contribution in [0.25, 0.3) is 0 Å². The van der Waals surface area contributed by atoms with E-state index >= 15 is 0 Å². The van der Waals surface area contributed by atoms with E-state index in [0.29, 0.717) is 6.04 Å². The SMILES string of the molecule is CSCc1nc(N2CCN[C@@H](C)C2)n[nH]1. The maximum Gasteiger partial charge on any atom is 0.244 e. The second-order valence-corrected chi connectivity index (χ2v) is 4.68. The molecule has 5 nitrogen and oxygen atoms in total. The van der Waals surface area contributed by atoms with Gasteiger partial charge in [0.2, 0.25) is 5.95 Å². The molecule has 15 heavy (non-hydrogen) atoms. The lowest BCUT2D eigenvalue weighted by atomic mass is 10.2. The molecular formula is C9H17N5S. The topological polar surface area (TPSA) is 56.8 Å². The van der Waals surface area contributed by atoms with Crippen molar-refractivity contribution >= 4 is 17.7 Å². The molecule has 1 aromatic rings. The fourth-order valence-electron chi connectivity index (χ4n) is 1.74. The quantitative estimate of drug-likeness (QED) is 0.786. The van der Waals surface area contributed by atoms with Crippen molar-refractivity contribution in [3.8, 4) is 0 Å². The minimum absolute atomic E-state index is 0.515. The molecule has 2 rings (SSSR count). The Morgan fingerprint density at radius 1 is 1.60 bits per heavy atom. The molecule has 2 N–H and O–H groups in total. The lowest BCUT2D eigenvalue weighted by molar-refractivity contribution is 0.480. The van der Waals surface area contributed by atoms with Gasteiger partial charge in [0.25, 0.3) is 0 Å². The van der Waals surface area contributed by atoms with E-state index in [1.165, 1.54) is 0 Å². The molecule has 0 radical (unpaired) electrons. The van der Waals surface area contributed by atoms with Gasteiger partial charge in [0.15, 0.2) is 0 Å². The van der Waals surface area contributed by atoms with Crippen molar-refractivity contribution in [2.45, 2.75) is 18.7 Å². The summed E-state index contributed by atoms with van der Waals surface area (Å²) >= 11 is 1.75. The summed E-state index contributed by atoms with van der Waals surface area (Å²) < 4.78 is 0. The number of hydrogen-bond donors (Lipinski definition) is 2. The maximum absolute atomic E-state index is 4.47. The number of nitrogens with one attached hydrogen (secondary N) is 2. The van der Waals surface area contributed by atoms with Crippen LogP contribution in [0.15, 0.2) is 0 Å². The number of thioether (sulfide) groups is 1. The van der Waals surface area contributed by atoms with E-state index in [1.54, 1.807) is 11.8 Å². The zero-order valence-corrected chi connectivity index (χ0v) is 9.97. The summed E-state index contributed by atoms with van der Waals surface area (Å²) in [5, 5.41) is 10.6. The molecule has 0 aliphatic carbocycles. The average Bonchev–Trinajstić information content (AvgIpc) is 2.67. The van der Waals surface area contributed by atoms with E-state index < -0.39 is 0 Å². The van der Waals surface area contributed by atoms with Crippen LogP contribution in [0, 0.1) is 0 Å². The summed E-state index contributed by atoms with van der Waals surface area (Å²) in [6, 6.07) is 0.515. The third-order valence-electron chi connectivity index (χ3n) is 2.45. The summed E-state index contributed by atoms with van der Waals surface area (Å²) in [6.07, 6.45) is 2.06. The Hall–Kier alpha value is -0.750. The highest BCUT2D eigenvalue weighted by Gasteiger charge is 2.18. The highest BCUT2D eigenvalue weighted by Crippen LogP contribution is 2.12. The summed E-state index contributed by atoms with van der Waals surface area (Å²) in [4.78, 5) is 6.69. The van der Waals surface area contributed by atoms with Crippen LogP contribution >= 0.6 is 11.8 Å². The maximum atomic E-state index is 4.47. The van der Waals surface area contributed by atoms with Crippen molar-refractivity contribution in [3.05, 3.63) is 5.82 Å². The number of rotatable bonds is 3. The predicted octanol–water partition coefficient (Wildman–Crippen LogP) is 0.466. The molecule has 0 bridgehead atoms. The van der Waals surface area contributed by atoms with Crippen molar-refractivity contribution in [1.82, 2.24) is 20.5 Å². The zero-order chi connectivity index (χ0) is 10.7. The Kier molecular flexibility index (Phi) is 3.48. The normalized spacial score (nSPS) is 22.0. The second-order valence-electron chi connectivity index (χ2n) is 3.82. The highest BCUT2D eigenvalue weighted by atomic mass is 32.2. The Balaban J connectivity index is 2.01. The Bertz CT molecular complexity index is 313. The van der Waals surface area contributed by atoms with Crippen LogP contribution in [0.1, 0.15) is 12.7 Å². The predicted molar refractivity (Wildman–Crippen MR) is 63.3 cm³/mol. The van der Waals surface area contributed by atoms with Crippen molar-refractivity contribution in [3.63, 3.8) is 0 Å². The molecule has 1 fully saturated rings. The lowest BCUT2D eigenvalue weighted by Gasteiger charge is -2.30. The van der Waals surface area contributed by atoms with Gasteiger partial charge < -0.3 is 10.2 Å². The van der Waals surface area contributed by atoms with Gasteiger partial charge in [-0.05, 0) is 13.2 Å². The van der Waals surface area contributed by atoms with Gasteiger partial charge in [0.05, 0.1) is 5.75 Å². The first-order valence-corrected chi connectivity index (χ1v) is 6.57. The first kappa shape index (κ1) is 10.8. The number of nitrogens with zero attached hydrogens (tertiary/aromatic N) is 3. The fraction of sp³-hybridized carbons (Fsp3) is 0.778. The zero-order valence-electron chi connectivity index (χ0n) is 9.16. The lowest BCUT2D eigenvalue weighted by Crippen LogP contribution is -2.49. The summed E-state index contributed by atoms with van der Waals surface area (Å²) in [6.45, 7) is 5.16. The van der Waals surface area contributed by atoms with E-state index in [9.17, 15) is 0 Å². The third-order valence-corrected chi connectivity index (χ3v) is 3.01. The van der Waals surface area contributed by atoms with Gasteiger partial charge in [-0.15, -0.1) is 5.10 Å². The van der Waals surface area contributed by atoms with Crippen LogP contribution in [0.5, 0.6) is 0 Å². The molecule has 1 aliphatic heterocycles. The highest BCUT2D eigenvalue weighted by molar-refractivity contribution is 7.97. The van der Waals surface area contributed by atoms with Crippen LogP contribution in [0.2, 0.25) is 0 Å². The van der Waals surface area contributed by atoms with Gasteiger partial charge >= 0.3 is 0 Å². The van der Waals surface area contributed by atoms with E-state index in [-0.39, 0.29) is 0 Å². The minimum Gasteiger partial charge on any atom is -0.337 e. The van der Waals surface area contributed by atoms with Gasteiger partial charge in [-0.2, -0.15) is 16.7 Å². The van der Waals surface area contributed by atoms with E-state index in [0.717, 1.165) is 37.2 Å². The molecule has 84 valence electrons. The monoisotopic (exact) mass is 227 g/mol. The number of aromatic nitrogens is 3. The first-order valence-electron chi connectivity index (χ1n) is 5.18. The summed E-state index contributed by atoms with van der Waals surface area (Å²) in [7, 11) is 0. The molecule has 0 aromatic carbocycles. The number of H-pyrrole nitrogens is 1. The molecule has 6 heteroatoms. The van der Waals surface area contributed by atoms with Crippen molar-refractivity contribution in [2.24, 2.45) is 0 Å². The van der Waals surface area contributed by atoms with Crippen LogP contribution in [0.3, 0.4) is 0 Å². The van der Waals surface area contributed by atoms with E-state index in [4.69, 9.17) is 0 Å². The van der Waals surface area contributed by atoms with Gasteiger partial charge in [-0.1, -0.05) is 0 Å². The van der Waals surface area contributed by atoms with Gasteiger partial charge in [-0.25, -0.2) is 0 Å². The Labute approximate surface area is 94.0 Å². The number of anilines is 1. The van der Waals surface area contributed by atoms with Crippen molar-refractivity contribution in [2.75, 3.05) is 30.8 Å². The van der Waals surface area contributed by atoms with Crippen molar-refractivity contribution < 1.29 is 0 Å². The summed E-state index contributed by atoms with van der Waals surface area (Å²) in [5.74, 6) is 2.70.